The van der Waals surface area contributed by atoms with Crippen molar-refractivity contribution in [3.8, 4) is 0 Å². The second-order valence-corrected chi connectivity index (χ2v) is 10.9. The number of aromatic nitrogens is 2. The number of amides is 1. The Morgan fingerprint density at radius 2 is 1.80 bits per heavy atom. The molecule has 6 rings (SSSR count). The molecular formula is C26H33N5O3S. The Balaban J connectivity index is 1.28. The van der Waals surface area contributed by atoms with Crippen LogP contribution in [0.15, 0.2) is 10.5 Å². The minimum Gasteiger partial charge on any atom is -0.466 e. The molecule has 8 nitrogen and oxygen atoms in total. The van der Waals surface area contributed by atoms with Gasteiger partial charge in [0.05, 0.1) is 30.7 Å². The van der Waals surface area contributed by atoms with Crippen molar-refractivity contribution >= 4 is 33.3 Å². The molecule has 0 aromatic carbocycles. The number of nitrogens with zero attached hydrogens (tertiary/aromatic N) is 5. The van der Waals surface area contributed by atoms with Crippen LogP contribution in [0.1, 0.15) is 51.0 Å². The zero-order valence-corrected chi connectivity index (χ0v) is 21.5. The molecule has 2 aliphatic heterocycles. The molecular weight excluding hydrogens is 462 g/mol. The van der Waals surface area contributed by atoms with Gasteiger partial charge in [0, 0.05) is 44.1 Å². The Bertz CT molecular complexity index is 1240. The third-order valence-corrected chi connectivity index (χ3v) is 8.63. The number of anilines is 1. The van der Waals surface area contributed by atoms with Gasteiger partial charge in [0.15, 0.2) is 0 Å². The number of aryl methyl sites for hydroxylation is 4. The van der Waals surface area contributed by atoms with Crippen LogP contribution in [0.2, 0.25) is 0 Å². The largest absolute Gasteiger partial charge is 0.466 e. The first kappa shape index (κ1) is 22.9. The SMILES string of the molecule is Cc1cc(C(=O)N2CCN(c3nc(CN4CCOCC4)nc4sc5c(c34)CCCC5)CC2)c(C)o1. The van der Waals surface area contributed by atoms with Gasteiger partial charge in [-0.15, -0.1) is 11.3 Å². The predicted molar refractivity (Wildman–Crippen MR) is 136 cm³/mol. The third kappa shape index (κ3) is 4.45. The summed E-state index contributed by atoms with van der Waals surface area (Å²) in [7, 11) is 0. The first-order valence-corrected chi connectivity index (χ1v) is 13.6. The lowest BCUT2D eigenvalue weighted by Crippen LogP contribution is -2.49. The molecule has 0 saturated carbocycles. The van der Waals surface area contributed by atoms with Gasteiger partial charge in [0.1, 0.15) is 28.0 Å². The number of hydrogen-bond acceptors (Lipinski definition) is 8. The van der Waals surface area contributed by atoms with Crippen LogP contribution in [0, 0.1) is 13.8 Å². The molecule has 0 bridgehead atoms. The molecule has 9 heteroatoms. The van der Waals surface area contributed by atoms with Crippen molar-refractivity contribution in [1.29, 1.82) is 0 Å². The normalized spacial score (nSPS) is 19.4. The Hall–Kier alpha value is -2.49. The average molecular weight is 496 g/mol. The van der Waals surface area contributed by atoms with Crippen molar-refractivity contribution in [3.05, 3.63) is 39.4 Å². The second kappa shape index (κ2) is 9.52. The van der Waals surface area contributed by atoms with Crippen molar-refractivity contribution < 1.29 is 13.9 Å². The van der Waals surface area contributed by atoms with Gasteiger partial charge in [0.25, 0.3) is 5.91 Å². The molecule has 35 heavy (non-hydrogen) atoms. The molecule has 0 unspecified atom stereocenters. The average Bonchev–Trinajstić information content (AvgIpc) is 3.42. The fourth-order valence-electron chi connectivity index (χ4n) is 5.57. The smallest absolute Gasteiger partial charge is 0.257 e. The van der Waals surface area contributed by atoms with Crippen molar-refractivity contribution in [3.63, 3.8) is 0 Å². The summed E-state index contributed by atoms with van der Waals surface area (Å²) in [6.45, 7) is 10.8. The molecule has 3 aromatic rings. The van der Waals surface area contributed by atoms with E-state index in [4.69, 9.17) is 19.1 Å². The van der Waals surface area contributed by atoms with Crippen molar-refractivity contribution in [2.45, 2.75) is 46.1 Å². The van der Waals surface area contributed by atoms with Gasteiger partial charge >= 0.3 is 0 Å². The van der Waals surface area contributed by atoms with E-state index >= 15 is 0 Å². The summed E-state index contributed by atoms with van der Waals surface area (Å²) in [5.41, 5.74) is 2.15. The number of hydrogen-bond donors (Lipinski definition) is 0. The number of piperazine rings is 1. The molecule has 3 aliphatic rings. The van der Waals surface area contributed by atoms with Crippen LogP contribution in [0.3, 0.4) is 0 Å². The zero-order chi connectivity index (χ0) is 23.9. The maximum absolute atomic E-state index is 13.1. The van der Waals surface area contributed by atoms with Gasteiger partial charge in [-0.1, -0.05) is 0 Å². The van der Waals surface area contributed by atoms with E-state index in [1.165, 1.54) is 28.7 Å². The highest BCUT2D eigenvalue weighted by Gasteiger charge is 2.29. The summed E-state index contributed by atoms with van der Waals surface area (Å²) in [5, 5.41) is 1.26. The predicted octanol–water partition coefficient (Wildman–Crippen LogP) is 3.57. The lowest BCUT2D eigenvalue weighted by Gasteiger charge is -2.36. The van der Waals surface area contributed by atoms with E-state index in [1.54, 1.807) is 0 Å². The third-order valence-electron chi connectivity index (χ3n) is 7.45. The van der Waals surface area contributed by atoms with Crippen LogP contribution in [-0.4, -0.2) is 78.2 Å². The van der Waals surface area contributed by atoms with Crippen LogP contribution >= 0.6 is 11.3 Å². The number of furan rings is 1. The number of thiophene rings is 1. The molecule has 2 fully saturated rings. The van der Waals surface area contributed by atoms with Crippen molar-refractivity contribution in [2.75, 3.05) is 57.4 Å². The highest BCUT2D eigenvalue weighted by Crippen LogP contribution is 2.40. The van der Waals surface area contributed by atoms with Crippen LogP contribution < -0.4 is 4.90 Å². The summed E-state index contributed by atoms with van der Waals surface area (Å²) in [5.74, 6) is 3.51. The standard InChI is InChI=1S/C26H33N5O3S/c1-17-15-20(18(2)34-17)26(32)31-9-7-30(8-10-31)24-23-19-5-3-4-6-21(19)35-25(23)28-22(27-24)16-29-11-13-33-14-12-29/h15H,3-14,16H2,1-2H3. The number of carbonyl (C=O) groups is 1. The maximum Gasteiger partial charge on any atom is 0.257 e. The molecule has 1 amide bonds. The fraction of sp³-hybridized carbons (Fsp3) is 0.577. The number of morpholine rings is 1. The number of ether oxygens (including phenoxy) is 1. The molecule has 0 atom stereocenters. The van der Waals surface area contributed by atoms with Crippen molar-refractivity contribution in [1.82, 2.24) is 19.8 Å². The van der Waals surface area contributed by atoms with Gasteiger partial charge in [-0.25, -0.2) is 9.97 Å². The summed E-state index contributed by atoms with van der Waals surface area (Å²) < 4.78 is 11.1. The Morgan fingerprint density at radius 1 is 1.03 bits per heavy atom. The van der Waals surface area contributed by atoms with E-state index in [9.17, 15) is 4.79 Å². The minimum absolute atomic E-state index is 0.0627. The van der Waals surface area contributed by atoms with Crippen LogP contribution in [0.5, 0.6) is 0 Å². The van der Waals surface area contributed by atoms with Gasteiger partial charge in [-0.2, -0.15) is 0 Å². The summed E-state index contributed by atoms with van der Waals surface area (Å²) in [4.78, 5) is 32.7. The first-order chi connectivity index (χ1) is 17.1. The van der Waals surface area contributed by atoms with E-state index in [-0.39, 0.29) is 5.91 Å². The highest BCUT2D eigenvalue weighted by atomic mass is 32.1. The van der Waals surface area contributed by atoms with Crippen LogP contribution in [0.4, 0.5) is 5.82 Å². The van der Waals surface area contributed by atoms with Crippen LogP contribution in [-0.2, 0) is 24.1 Å². The second-order valence-electron chi connectivity index (χ2n) is 9.85. The summed E-state index contributed by atoms with van der Waals surface area (Å²) in [6, 6.07) is 1.85. The lowest BCUT2D eigenvalue weighted by molar-refractivity contribution is 0.0331. The Kier molecular flexibility index (Phi) is 6.24. The molecule has 5 heterocycles. The quantitative estimate of drug-likeness (QED) is 0.548. The van der Waals surface area contributed by atoms with Gasteiger partial charge in [-0.05, 0) is 51.2 Å². The van der Waals surface area contributed by atoms with E-state index < -0.39 is 0 Å². The molecule has 0 N–H and O–H groups in total. The maximum atomic E-state index is 13.1. The highest BCUT2D eigenvalue weighted by molar-refractivity contribution is 7.19. The first-order valence-electron chi connectivity index (χ1n) is 12.8. The monoisotopic (exact) mass is 495 g/mol. The van der Waals surface area contributed by atoms with Gasteiger partial charge < -0.3 is 19.0 Å². The van der Waals surface area contributed by atoms with E-state index in [2.05, 4.69) is 9.80 Å². The van der Waals surface area contributed by atoms with E-state index in [0.717, 1.165) is 81.0 Å². The van der Waals surface area contributed by atoms with Crippen LogP contribution in [0.25, 0.3) is 10.2 Å². The van der Waals surface area contributed by atoms with E-state index in [1.807, 2.05) is 36.2 Å². The molecule has 1 aliphatic carbocycles. The fourth-order valence-corrected chi connectivity index (χ4v) is 6.85. The van der Waals surface area contributed by atoms with Gasteiger partial charge in [0.2, 0.25) is 0 Å². The summed E-state index contributed by atoms with van der Waals surface area (Å²) in [6.07, 6.45) is 4.77. The molecule has 186 valence electrons. The molecule has 0 radical (unpaired) electrons. The number of carbonyl (C=O) groups excluding carboxylic acids is 1. The summed E-state index contributed by atoms with van der Waals surface area (Å²) >= 11 is 1.86. The molecule has 0 spiro atoms. The zero-order valence-electron chi connectivity index (χ0n) is 20.6. The lowest BCUT2D eigenvalue weighted by atomic mass is 9.97. The van der Waals surface area contributed by atoms with Gasteiger partial charge in [-0.3, -0.25) is 9.69 Å². The minimum atomic E-state index is 0.0627. The van der Waals surface area contributed by atoms with E-state index in [0.29, 0.717) is 24.4 Å². The van der Waals surface area contributed by atoms with Crippen molar-refractivity contribution in [2.24, 2.45) is 0 Å². The number of rotatable bonds is 4. The Morgan fingerprint density at radius 3 is 2.54 bits per heavy atom. The number of fused-ring (bicyclic) bond motifs is 3. The Labute approximate surface area is 209 Å². The topological polar surface area (TPSA) is 74.9 Å². The molecule has 2 saturated heterocycles. The molecule has 3 aromatic heterocycles.